The average Bonchev–Trinajstić information content (AvgIpc) is 2.45. The van der Waals surface area contributed by atoms with Crippen molar-refractivity contribution in [3.8, 4) is 0 Å². The average molecular weight is 294 g/mol. The van der Waals surface area contributed by atoms with Gasteiger partial charge in [-0.05, 0) is 5.56 Å². The second kappa shape index (κ2) is 9.03. The Labute approximate surface area is 122 Å². The predicted molar refractivity (Wildman–Crippen MR) is 80.9 cm³/mol. The number of benzene rings is 1. The van der Waals surface area contributed by atoms with Gasteiger partial charge in [0.25, 0.3) is 0 Å². The smallest absolute Gasteiger partial charge is 0.330 e. The summed E-state index contributed by atoms with van der Waals surface area (Å²) in [5.74, 6) is 0.487. The molecule has 0 spiro atoms. The van der Waals surface area contributed by atoms with Crippen LogP contribution >= 0.6 is 11.8 Å². The molecule has 1 aromatic carbocycles. The topological polar surface area (TPSA) is 78.4 Å². The van der Waals surface area contributed by atoms with E-state index in [2.05, 4.69) is 17.2 Å². The van der Waals surface area contributed by atoms with Gasteiger partial charge in [-0.25, -0.2) is 9.59 Å². The maximum atomic E-state index is 11.6. The van der Waals surface area contributed by atoms with Crippen LogP contribution in [0.1, 0.15) is 11.6 Å². The van der Waals surface area contributed by atoms with Crippen LogP contribution in [0.25, 0.3) is 0 Å². The highest BCUT2D eigenvalue weighted by Crippen LogP contribution is 2.12. The van der Waals surface area contributed by atoms with Gasteiger partial charge in [-0.2, -0.15) is 11.8 Å². The summed E-state index contributed by atoms with van der Waals surface area (Å²) in [6, 6.07) is 7.06. The summed E-state index contributed by atoms with van der Waals surface area (Å²) in [7, 11) is 0. The number of hydrogen-bond acceptors (Lipinski definition) is 3. The number of aliphatic carboxylic acids is 1. The molecule has 0 saturated carbocycles. The first-order chi connectivity index (χ1) is 9.65. The molecule has 0 aromatic heterocycles. The summed E-state index contributed by atoms with van der Waals surface area (Å²) in [6.07, 6.45) is 1.79. The summed E-state index contributed by atoms with van der Waals surface area (Å²) < 4.78 is 0. The minimum Gasteiger partial charge on any atom is -0.479 e. The lowest BCUT2D eigenvalue weighted by Gasteiger charge is -2.15. The molecule has 0 unspecified atom stereocenters. The number of amides is 2. The maximum absolute atomic E-state index is 11.6. The highest BCUT2D eigenvalue weighted by atomic mass is 32.2. The molecule has 6 heteroatoms. The summed E-state index contributed by atoms with van der Waals surface area (Å²) in [5, 5.41) is 14.2. The van der Waals surface area contributed by atoms with Crippen LogP contribution in [0.3, 0.4) is 0 Å². The molecule has 20 heavy (non-hydrogen) atoms. The molecule has 0 heterocycles. The van der Waals surface area contributed by atoms with Crippen molar-refractivity contribution in [2.45, 2.75) is 6.04 Å². The van der Waals surface area contributed by atoms with Crippen LogP contribution in [0.4, 0.5) is 4.79 Å². The number of carbonyl (C=O) groups is 2. The van der Waals surface area contributed by atoms with E-state index < -0.39 is 18.0 Å². The van der Waals surface area contributed by atoms with Crippen LogP contribution in [-0.2, 0) is 4.79 Å². The summed E-state index contributed by atoms with van der Waals surface area (Å²) in [5.41, 5.74) is 0.538. The van der Waals surface area contributed by atoms with E-state index >= 15 is 0 Å². The van der Waals surface area contributed by atoms with Crippen LogP contribution in [0, 0.1) is 0 Å². The first-order valence-corrected chi connectivity index (χ1v) is 7.31. The lowest BCUT2D eigenvalue weighted by molar-refractivity contribution is -0.139. The summed E-state index contributed by atoms with van der Waals surface area (Å²) in [6.45, 7) is 4.08. The largest absolute Gasteiger partial charge is 0.479 e. The SMILES string of the molecule is C=CCSCCNC(=O)N[C@@H](C(=O)O)c1ccccc1. The molecule has 0 bridgehead atoms. The van der Waals surface area contributed by atoms with Crippen LogP contribution in [0.15, 0.2) is 43.0 Å². The second-order valence-electron chi connectivity index (χ2n) is 3.95. The third-order valence-electron chi connectivity index (χ3n) is 2.42. The number of hydrogen-bond donors (Lipinski definition) is 3. The third-order valence-corrected chi connectivity index (χ3v) is 3.39. The highest BCUT2D eigenvalue weighted by Gasteiger charge is 2.21. The Morgan fingerprint density at radius 1 is 1.35 bits per heavy atom. The molecule has 2 amide bonds. The van der Waals surface area contributed by atoms with Gasteiger partial charge in [-0.1, -0.05) is 36.4 Å². The van der Waals surface area contributed by atoms with E-state index in [-0.39, 0.29) is 0 Å². The zero-order valence-corrected chi connectivity index (χ0v) is 11.9. The Morgan fingerprint density at radius 3 is 2.65 bits per heavy atom. The molecule has 1 aromatic rings. The molecule has 1 atom stereocenters. The highest BCUT2D eigenvalue weighted by molar-refractivity contribution is 7.99. The minimum atomic E-state index is -1.09. The molecular weight excluding hydrogens is 276 g/mol. The van der Waals surface area contributed by atoms with E-state index in [0.717, 1.165) is 11.5 Å². The molecule has 0 aliphatic rings. The van der Waals surface area contributed by atoms with Crippen LogP contribution < -0.4 is 10.6 Å². The number of carboxylic acid groups (broad SMARTS) is 1. The molecule has 0 saturated heterocycles. The third kappa shape index (κ3) is 5.79. The van der Waals surface area contributed by atoms with Gasteiger partial charge in [0.15, 0.2) is 6.04 Å². The van der Waals surface area contributed by atoms with Crippen molar-refractivity contribution in [1.29, 1.82) is 0 Å². The van der Waals surface area contributed by atoms with Gasteiger partial charge in [0.05, 0.1) is 0 Å². The van der Waals surface area contributed by atoms with Gasteiger partial charge in [-0.3, -0.25) is 0 Å². The molecule has 1 rings (SSSR count). The monoisotopic (exact) mass is 294 g/mol. The Balaban J connectivity index is 2.44. The predicted octanol–water partition coefficient (Wildman–Crippen LogP) is 2.03. The van der Waals surface area contributed by atoms with Crippen molar-refractivity contribution < 1.29 is 14.7 Å². The van der Waals surface area contributed by atoms with Crippen LogP contribution in [0.2, 0.25) is 0 Å². The Morgan fingerprint density at radius 2 is 2.05 bits per heavy atom. The van der Waals surface area contributed by atoms with Gasteiger partial charge in [0.1, 0.15) is 0 Å². The molecule has 108 valence electrons. The van der Waals surface area contributed by atoms with Crippen molar-refractivity contribution in [3.05, 3.63) is 48.6 Å². The molecule has 0 radical (unpaired) electrons. The first-order valence-electron chi connectivity index (χ1n) is 6.16. The molecule has 0 fully saturated rings. The Kier molecular flexibility index (Phi) is 7.27. The molecule has 3 N–H and O–H groups in total. The molecule has 5 nitrogen and oxygen atoms in total. The summed E-state index contributed by atoms with van der Waals surface area (Å²) in [4.78, 5) is 22.8. The Hall–Kier alpha value is -1.95. The van der Waals surface area contributed by atoms with Gasteiger partial charge >= 0.3 is 12.0 Å². The number of carbonyl (C=O) groups excluding carboxylic acids is 1. The zero-order chi connectivity index (χ0) is 14.8. The van der Waals surface area contributed by atoms with E-state index in [1.54, 1.807) is 48.2 Å². The van der Waals surface area contributed by atoms with Gasteiger partial charge in [0.2, 0.25) is 0 Å². The fourth-order valence-corrected chi connectivity index (χ4v) is 2.10. The number of carboxylic acids is 1. The number of thioether (sulfide) groups is 1. The van der Waals surface area contributed by atoms with Crippen molar-refractivity contribution >= 4 is 23.8 Å². The van der Waals surface area contributed by atoms with E-state index in [4.69, 9.17) is 5.11 Å². The normalized spacial score (nSPS) is 11.4. The fraction of sp³-hybridized carbons (Fsp3) is 0.286. The van der Waals surface area contributed by atoms with Crippen LogP contribution in [0.5, 0.6) is 0 Å². The second-order valence-corrected chi connectivity index (χ2v) is 5.10. The lowest BCUT2D eigenvalue weighted by atomic mass is 10.1. The van der Waals surface area contributed by atoms with E-state index in [0.29, 0.717) is 12.1 Å². The maximum Gasteiger partial charge on any atom is 0.330 e. The van der Waals surface area contributed by atoms with Gasteiger partial charge in [-0.15, -0.1) is 6.58 Å². The lowest BCUT2D eigenvalue weighted by Crippen LogP contribution is -2.41. The standard InChI is InChI=1S/C14H18N2O3S/c1-2-9-20-10-8-15-14(19)16-12(13(17)18)11-6-4-3-5-7-11/h2-7,12H,1,8-10H2,(H,17,18)(H2,15,16,19)/t12-/m1/s1. The van der Waals surface area contributed by atoms with Crippen LogP contribution in [-0.4, -0.2) is 35.2 Å². The van der Waals surface area contributed by atoms with Crippen molar-refractivity contribution in [3.63, 3.8) is 0 Å². The van der Waals surface area contributed by atoms with Crippen molar-refractivity contribution in [2.75, 3.05) is 18.1 Å². The molecule has 0 aliphatic heterocycles. The number of nitrogens with one attached hydrogen (secondary N) is 2. The quantitative estimate of drug-likeness (QED) is 0.506. The molecular formula is C14H18N2O3S. The first kappa shape index (κ1) is 16.1. The number of rotatable bonds is 8. The zero-order valence-electron chi connectivity index (χ0n) is 11.0. The van der Waals surface area contributed by atoms with Crippen molar-refractivity contribution in [2.24, 2.45) is 0 Å². The van der Waals surface area contributed by atoms with E-state index in [1.165, 1.54) is 0 Å². The van der Waals surface area contributed by atoms with E-state index in [9.17, 15) is 9.59 Å². The van der Waals surface area contributed by atoms with Gasteiger partial charge in [0, 0.05) is 18.1 Å². The molecule has 0 aliphatic carbocycles. The fourth-order valence-electron chi connectivity index (χ4n) is 1.52. The minimum absolute atomic E-state index is 0.478. The Bertz CT molecular complexity index is 451. The van der Waals surface area contributed by atoms with Crippen molar-refractivity contribution in [1.82, 2.24) is 10.6 Å². The summed E-state index contributed by atoms with van der Waals surface area (Å²) >= 11 is 1.64. The van der Waals surface area contributed by atoms with Gasteiger partial charge < -0.3 is 15.7 Å². The van der Waals surface area contributed by atoms with E-state index in [1.807, 2.05) is 0 Å². The number of urea groups is 1.